The van der Waals surface area contributed by atoms with E-state index in [1.807, 2.05) is 30.3 Å². The summed E-state index contributed by atoms with van der Waals surface area (Å²) in [4.78, 5) is 16.9. The quantitative estimate of drug-likeness (QED) is 0.748. The summed E-state index contributed by atoms with van der Waals surface area (Å²) >= 11 is 0. The minimum absolute atomic E-state index is 0.0382. The van der Waals surface area contributed by atoms with Crippen LogP contribution in [0.1, 0.15) is 36.5 Å². The molecule has 0 unspecified atom stereocenters. The maximum Gasteiger partial charge on any atom is 0.251 e. The van der Waals surface area contributed by atoms with Gasteiger partial charge in [-0.15, -0.1) is 0 Å². The Morgan fingerprint density at radius 2 is 1.68 bits per heavy atom. The van der Waals surface area contributed by atoms with Crippen LogP contribution < -0.4 is 5.32 Å². The Labute approximate surface area is 134 Å². The molecule has 1 amide bonds. The highest BCUT2D eigenvalue weighted by Crippen LogP contribution is 2.04. The number of nitrogens with zero attached hydrogens (tertiary/aromatic N) is 2. The summed E-state index contributed by atoms with van der Waals surface area (Å²) in [5, 5.41) is 2.99. The van der Waals surface area contributed by atoms with Crippen molar-refractivity contribution in [1.29, 1.82) is 0 Å². The lowest BCUT2D eigenvalue weighted by molar-refractivity contribution is 0.0952. The molecule has 0 spiro atoms. The molecule has 1 aromatic carbocycles. The Kier molecular flexibility index (Phi) is 7.40. The molecule has 0 atom stereocenters. The molecule has 0 aromatic heterocycles. The molecule has 0 aliphatic carbocycles. The molecule has 0 radical (unpaired) electrons. The average molecular weight is 303 g/mol. The van der Waals surface area contributed by atoms with E-state index in [0.29, 0.717) is 0 Å². The predicted octanol–water partition coefficient (Wildman–Crippen LogP) is 2.22. The average Bonchev–Trinajstić information content (AvgIpc) is 2.59. The molecule has 122 valence electrons. The molecule has 0 bridgehead atoms. The van der Waals surface area contributed by atoms with E-state index in [4.69, 9.17) is 0 Å². The van der Waals surface area contributed by atoms with Gasteiger partial charge in [0.2, 0.25) is 0 Å². The van der Waals surface area contributed by atoms with Crippen LogP contribution in [-0.2, 0) is 0 Å². The van der Waals surface area contributed by atoms with E-state index in [1.54, 1.807) is 0 Å². The fourth-order valence-electron chi connectivity index (χ4n) is 2.86. The minimum atomic E-state index is 0.0382. The Morgan fingerprint density at radius 1 is 1.00 bits per heavy atom. The summed E-state index contributed by atoms with van der Waals surface area (Å²) < 4.78 is 0. The predicted molar refractivity (Wildman–Crippen MR) is 91.2 cm³/mol. The third-order valence-corrected chi connectivity index (χ3v) is 4.38. The van der Waals surface area contributed by atoms with Gasteiger partial charge >= 0.3 is 0 Å². The van der Waals surface area contributed by atoms with Crippen LogP contribution in [0.3, 0.4) is 0 Å². The van der Waals surface area contributed by atoms with Gasteiger partial charge in [0.25, 0.3) is 5.91 Å². The Morgan fingerprint density at radius 3 is 2.36 bits per heavy atom. The number of hydrogen-bond acceptors (Lipinski definition) is 3. The molecule has 1 saturated heterocycles. The van der Waals surface area contributed by atoms with Crippen molar-refractivity contribution in [3.63, 3.8) is 0 Å². The van der Waals surface area contributed by atoms with Gasteiger partial charge in [-0.1, -0.05) is 31.5 Å². The zero-order valence-electron chi connectivity index (χ0n) is 13.8. The van der Waals surface area contributed by atoms with E-state index in [2.05, 4.69) is 22.0 Å². The van der Waals surface area contributed by atoms with Crippen molar-refractivity contribution in [2.24, 2.45) is 0 Å². The van der Waals surface area contributed by atoms with Gasteiger partial charge in [-0.05, 0) is 38.1 Å². The summed E-state index contributed by atoms with van der Waals surface area (Å²) in [6.45, 7) is 10.2. The molecule has 2 rings (SSSR count). The first-order valence-electron chi connectivity index (χ1n) is 8.57. The number of amides is 1. The number of unbranched alkanes of at least 4 members (excludes halogenated alkanes) is 2. The van der Waals surface area contributed by atoms with Crippen LogP contribution in [0.2, 0.25) is 0 Å². The number of carbonyl (C=O) groups excluding carboxylic acids is 1. The van der Waals surface area contributed by atoms with Gasteiger partial charge in [0.15, 0.2) is 0 Å². The van der Waals surface area contributed by atoms with Crippen molar-refractivity contribution in [3.05, 3.63) is 35.9 Å². The van der Waals surface area contributed by atoms with E-state index in [9.17, 15) is 4.79 Å². The highest BCUT2D eigenvalue weighted by atomic mass is 16.1. The molecule has 1 aliphatic heterocycles. The Bertz CT molecular complexity index is 427. The molecule has 1 aromatic rings. The molecule has 0 saturated carbocycles. The number of nitrogens with one attached hydrogen (secondary N) is 1. The summed E-state index contributed by atoms with van der Waals surface area (Å²) in [5.74, 6) is 0.0382. The fourth-order valence-corrected chi connectivity index (χ4v) is 2.86. The zero-order chi connectivity index (χ0) is 15.6. The van der Waals surface area contributed by atoms with Crippen LogP contribution in [-0.4, -0.2) is 61.5 Å². The summed E-state index contributed by atoms with van der Waals surface area (Å²) in [6.07, 6.45) is 3.48. The molecule has 22 heavy (non-hydrogen) atoms. The molecule has 1 fully saturated rings. The topological polar surface area (TPSA) is 35.6 Å². The molecule has 1 heterocycles. The van der Waals surface area contributed by atoms with Crippen molar-refractivity contribution in [2.75, 3.05) is 45.8 Å². The normalized spacial score (nSPS) is 16.6. The lowest BCUT2D eigenvalue weighted by Gasteiger charge is -2.33. The fraction of sp³-hybridized carbons (Fsp3) is 0.611. The van der Waals surface area contributed by atoms with E-state index in [1.165, 1.54) is 52.1 Å². The largest absolute Gasteiger partial charge is 0.352 e. The van der Waals surface area contributed by atoms with Crippen LogP contribution in [0.5, 0.6) is 0 Å². The lowest BCUT2D eigenvalue weighted by Crippen LogP contribution is -2.46. The number of carbonyl (C=O) groups is 1. The monoisotopic (exact) mass is 303 g/mol. The van der Waals surface area contributed by atoms with Gasteiger partial charge < -0.3 is 15.1 Å². The van der Waals surface area contributed by atoms with Crippen LogP contribution in [0.4, 0.5) is 0 Å². The standard InChI is InChI=1S/C18H29N3O/c1-2-20-13-15-21(16-14-20)12-8-4-7-11-19-18(22)17-9-5-3-6-10-17/h3,5-6,9-10H,2,4,7-8,11-16H2,1H3,(H,19,22). The number of hydrogen-bond donors (Lipinski definition) is 1. The molecule has 1 N–H and O–H groups in total. The molecular weight excluding hydrogens is 274 g/mol. The van der Waals surface area contributed by atoms with E-state index < -0.39 is 0 Å². The van der Waals surface area contributed by atoms with Gasteiger partial charge in [-0.2, -0.15) is 0 Å². The maximum atomic E-state index is 11.9. The van der Waals surface area contributed by atoms with E-state index >= 15 is 0 Å². The van der Waals surface area contributed by atoms with E-state index in [-0.39, 0.29) is 5.91 Å². The second-order valence-electron chi connectivity index (χ2n) is 5.96. The SMILES string of the molecule is CCN1CCN(CCCCCNC(=O)c2ccccc2)CC1. The van der Waals surface area contributed by atoms with Crippen molar-refractivity contribution in [2.45, 2.75) is 26.2 Å². The van der Waals surface area contributed by atoms with Crippen LogP contribution >= 0.6 is 0 Å². The Balaban J connectivity index is 1.49. The first kappa shape index (κ1) is 17.0. The number of benzene rings is 1. The third kappa shape index (κ3) is 5.78. The van der Waals surface area contributed by atoms with Crippen LogP contribution in [0.15, 0.2) is 30.3 Å². The molecule has 1 aliphatic rings. The maximum absolute atomic E-state index is 11.9. The van der Waals surface area contributed by atoms with Gasteiger partial charge in [-0.25, -0.2) is 0 Å². The van der Waals surface area contributed by atoms with Crippen molar-refractivity contribution in [3.8, 4) is 0 Å². The zero-order valence-corrected chi connectivity index (χ0v) is 13.8. The van der Waals surface area contributed by atoms with Crippen molar-refractivity contribution >= 4 is 5.91 Å². The second kappa shape index (κ2) is 9.59. The summed E-state index contributed by atoms with van der Waals surface area (Å²) in [7, 11) is 0. The van der Waals surface area contributed by atoms with Crippen molar-refractivity contribution in [1.82, 2.24) is 15.1 Å². The van der Waals surface area contributed by atoms with Crippen molar-refractivity contribution < 1.29 is 4.79 Å². The smallest absolute Gasteiger partial charge is 0.251 e. The summed E-state index contributed by atoms with van der Waals surface area (Å²) in [6, 6.07) is 9.42. The Hall–Kier alpha value is -1.39. The van der Waals surface area contributed by atoms with Gasteiger partial charge in [0, 0.05) is 38.3 Å². The van der Waals surface area contributed by atoms with Gasteiger partial charge in [0.05, 0.1) is 0 Å². The summed E-state index contributed by atoms with van der Waals surface area (Å²) in [5.41, 5.74) is 0.747. The van der Waals surface area contributed by atoms with Crippen LogP contribution in [0, 0.1) is 0 Å². The molecular formula is C18H29N3O. The number of rotatable bonds is 8. The molecule has 4 heteroatoms. The highest BCUT2D eigenvalue weighted by molar-refractivity contribution is 5.94. The molecule has 4 nitrogen and oxygen atoms in total. The highest BCUT2D eigenvalue weighted by Gasteiger charge is 2.14. The third-order valence-electron chi connectivity index (χ3n) is 4.38. The van der Waals surface area contributed by atoms with Gasteiger partial charge in [0.1, 0.15) is 0 Å². The van der Waals surface area contributed by atoms with Gasteiger partial charge in [-0.3, -0.25) is 4.79 Å². The van der Waals surface area contributed by atoms with Crippen LogP contribution in [0.25, 0.3) is 0 Å². The minimum Gasteiger partial charge on any atom is -0.352 e. The first-order valence-corrected chi connectivity index (χ1v) is 8.57. The number of piperazine rings is 1. The van der Waals surface area contributed by atoms with E-state index in [0.717, 1.165) is 18.5 Å². The second-order valence-corrected chi connectivity index (χ2v) is 5.96. The number of likely N-dealkylation sites (N-methyl/N-ethyl adjacent to an activating group) is 1. The lowest BCUT2D eigenvalue weighted by atomic mass is 10.2. The first-order chi connectivity index (χ1) is 10.8.